The first-order valence-electron chi connectivity index (χ1n) is 8.06. The minimum absolute atomic E-state index is 0.173. The fourth-order valence-corrected chi connectivity index (χ4v) is 2.90. The Hall–Kier alpha value is -2.88. The number of hydrogen-bond acceptors (Lipinski definition) is 8. The van der Waals surface area contributed by atoms with Crippen molar-refractivity contribution in [3.8, 4) is 5.75 Å². The number of amidine groups is 1. The number of nitrogens with one attached hydrogen (secondary N) is 1. The highest BCUT2D eigenvalue weighted by atomic mass is 32.2. The molecule has 1 fully saturated rings. The number of carboxylic acid groups (broad SMARTS) is 1. The standard InChI is InChI=1S/C17H19N3O6S/c1-10(2)26-15(23)9-25-12-5-3-11(4-6-12)8-18-20-17-19-16(24)13(27-17)7-14(21)22/h3-6,8,10,13H,7,9H2,1-2H3,(H,21,22)(H,19,20,24). The maximum Gasteiger partial charge on any atom is 0.344 e. The summed E-state index contributed by atoms with van der Waals surface area (Å²) < 4.78 is 10.3. The van der Waals surface area contributed by atoms with E-state index in [2.05, 4.69) is 15.5 Å². The molecule has 1 amide bonds. The summed E-state index contributed by atoms with van der Waals surface area (Å²) in [4.78, 5) is 33.7. The molecule has 0 saturated carbocycles. The van der Waals surface area contributed by atoms with Crippen molar-refractivity contribution in [3.63, 3.8) is 0 Å². The summed E-state index contributed by atoms with van der Waals surface area (Å²) >= 11 is 1.03. The molecule has 27 heavy (non-hydrogen) atoms. The average molecular weight is 393 g/mol. The van der Waals surface area contributed by atoms with Gasteiger partial charge in [0.25, 0.3) is 0 Å². The molecular formula is C17H19N3O6S. The molecule has 10 heteroatoms. The SMILES string of the molecule is CC(C)OC(=O)COc1ccc(C=NN=C2NC(=O)C(CC(=O)O)S2)cc1. The van der Waals surface area contributed by atoms with Crippen LogP contribution in [0.25, 0.3) is 0 Å². The predicted octanol–water partition coefficient (Wildman–Crippen LogP) is 1.41. The van der Waals surface area contributed by atoms with Gasteiger partial charge in [-0.15, -0.1) is 5.10 Å². The number of ether oxygens (including phenoxy) is 2. The van der Waals surface area contributed by atoms with Crippen LogP contribution in [0.3, 0.4) is 0 Å². The summed E-state index contributed by atoms with van der Waals surface area (Å²) in [6.45, 7) is 3.35. The number of carbonyl (C=O) groups is 3. The minimum Gasteiger partial charge on any atom is -0.482 e. The van der Waals surface area contributed by atoms with Crippen molar-refractivity contribution in [1.29, 1.82) is 0 Å². The maximum absolute atomic E-state index is 11.6. The Morgan fingerprint density at radius 2 is 2.04 bits per heavy atom. The van der Waals surface area contributed by atoms with Crippen LogP contribution < -0.4 is 10.1 Å². The molecule has 144 valence electrons. The molecule has 0 bridgehead atoms. The van der Waals surface area contributed by atoms with Crippen LogP contribution in [0.4, 0.5) is 0 Å². The summed E-state index contributed by atoms with van der Waals surface area (Å²) in [5, 5.41) is 18.5. The first kappa shape index (κ1) is 20.4. The van der Waals surface area contributed by atoms with E-state index in [0.717, 1.165) is 17.3 Å². The lowest BCUT2D eigenvalue weighted by molar-refractivity contribution is -0.149. The van der Waals surface area contributed by atoms with Gasteiger partial charge in [0.05, 0.1) is 18.7 Å². The summed E-state index contributed by atoms with van der Waals surface area (Å²) in [7, 11) is 0. The molecule has 2 N–H and O–H groups in total. The molecular weight excluding hydrogens is 374 g/mol. The minimum atomic E-state index is -1.05. The normalized spacial score (nSPS) is 18.1. The highest BCUT2D eigenvalue weighted by molar-refractivity contribution is 8.15. The maximum atomic E-state index is 11.6. The Labute approximate surface area is 159 Å². The summed E-state index contributed by atoms with van der Waals surface area (Å²) in [5.41, 5.74) is 0.730. The lowest BCUT2D eigenvalue weighted by Crippen LogP contribution is -2.26. The van der Waals surface area contributed by atoms with Crippen molar-refractivity contribution in [2.24, 2.45) is 10.2 Å². The fourth-order valence-electron chi connectivity index (χ4n) is 1.98. The van der Waals surface area contributed by atoms with E-state index < -0.39 is 23.1 Å². The zero-order valence-corrected chi connectivity index (χ0v) is 15.6. The summed E-state index contributed by atoms with van der Waals surface area (Å²) in [6.07, 6.45) is 1.01. The number of rotatable bonds is 8. The van der Waals surface area contributed by atoms with Crippen LogP contribution in [0.5, 0.6) is 5.75 Å². The monoisotopic (exact) mass is 393 g/mol. The van der Waals surface area contributed by atoms with E-state index in [1.54, 1.807) is 38.1 Å². The smallest absolute Gasteiger partial charge is 0.344 e. The van der Waals surface area contributed by atoms with E-state index in [9.17, 15) is 14.4 Å². The van der Waals surface area contributed by atoms with Crippen LogP contribution in [0.1, 0.15) is 25.8 Å². The Balaban J connectivity index is 1.84. The van der Waals surface area contributed by atoms with Crippen molar-refractivity contribution in [2.75, 3.05) is 6.61 Å². The lowest BCUT2D eigenvalue weighted by Gasteiger charge is -2.09. The van der Waals surface area contributed by atoms with E-state index in [1.807, 2.05) is 0 Å². The van der Waals surface area contributed by atoms with Crippen LogP contribution in [-0.2, 0) is 19.1 Å². The lowest BCUT2D eigenvalue weighted by atomic mass is 10.2. The van der Waals surface area contributed by atoms with Crippen LogP contribution in [-0.4, -0.2) is 52.3 Å². The molecule has 0 radical (unpaired) electrons. The Kier molecular flexibility index (Phi) is 7.35. The van der Waals surface area contributed by atoms with Gasteiger partial charge in [0, 0.05) is 0 Å². The molecule has 1 aromatic rings. The van der Waals surface area contributed by atoms with Crippen LogP contribution in [0.15, 0.2) is 34.5 Å². The van der Waals surface area contributed by atoms with Gasteiger partial charge in [-0.3, -0.25) is 9.59 Å². The van der Waals surface area contributed by atoms with Crippen molar-refractivity contribution < 1.29 is 29.0 Å². The zero-order chi connectivity index (χ0) is 19.8. The van der Waals surface area contributed by atoms with Crippen molar-refractivity contribution in [1.82, 2.24) is 5.32 Å². The van der Waals surface area contributed by atoms with Gasteiger partial charge in [0.1, 0.15) is 11.0 Å². The van der Waals surface area contributed by atoms with Crippen molar-refractivity contribution in [3.05, 3.63) is 29.8 Å². The van der Waals surface area contributed by atoms with E-state index in [4.69, 9.17) is 14.6 Å². The van der Waals surface area contributed by atoms with Gasteiger partial charge in [0.2, 0.25) is 5.91 Å². The van der Waals surface area contributed by atoms with Crippen LogP contribution >= 0.6 is 11.8 Å². The molecule has 9 nitrogen and oxygen atoms in total. The summed E-state index contributed by atoms with van der Waals surface area (Å²) in [6, 6.07) is 6.79. The molecule has 1 aromatic carbocycles. The number of esters is 1. The molecule has 1 heterocycles. The number of thioether (sulfide) groups is 1. The second-order valence-electron chi connectivity index (χ2n) is 5.74. The topological polar surface area (TPSA) is 127 Å². The van der Waals surface area contributed by atoms with Gasteiger partial charge in [-0.2, -0.15) is 5.10 Å². The number of nitrogens with zero attached hydrogens (tertiary/aromatic N) is 2. The van der Waals surface area contributed by atoms with E-state index in [-0.39, 0.29) is 24.3 Å². The van der Waals surface area contributed by atoms with Gasteiger partial charge in [-0.25, -0.2) is 4.79 Å². The molecule has 0 aliphatic carbocycles. The Morgan fingerprint density at radius 3 is 2.67 bits per heavy atom. The quantitative estimate of drug-likeness (QED) is 0.388. The molecule has 1 saturated heterocycles. The van der Waals surface area contributed by atoms with Crippen LogP contribution in [0, 0.1) is 0 Å². The second kappa shape index (κ2) is 9.72. The highest BCUT2D eigenvalue weighted by Gasteiger charge is 2.32. The van der Waals surface area contributed by atoms with E-state index >= 15 is 0 Å². The van der Waals surface area contributed by atoms with E-state index in [1.165, 1.54) is 6.21 Å². The predicted molar refractivity (Wildman–Crippen MR) is 100.0 cm³/mol. The molecule has 1 aliphatic rings. The second-order valence-corrected chi connectivity index (χ2v) is 6.93. The highest BCUT2D eigenvalue weighted by Crippen LogP contribution is 2.22. The van der Waals surface area contributed by atoms with E-state index in [0.29, 0.717) is 5.75 Å². The third kappa shape index (κ3) is 7.10. The number of benzene rings is 1. The van der Waals surface area contributed by atoms with Gasteiger partial charge in [0.15, 0.2) is 11.8 Å². The third-order valence-corrected chi connectivity index (χ3v) is 4.17. The molecule has 1 atom stereocenters. The third-order valence-electron chi connectivity index (χ3n) is 3.10. The number of hydrogen-bond donors (Lipinski definition) is 2. The number of carbonyl (C=O) groups excluding carboxylic acids is 2. The summed E-state index contributed by atoms with van der Waals surface area (Å²) in [5.74, 6) is -1.38. The number of amides is 1. The van der Waals surface area contributed by atoms with Gasteiger partial charge in [-0.05, 0) is 43.7 Å². The van der Waals surface area contributed by atoms with Crippen molar-refractivity contribution >= 4 is 41.0 Å². The Bertz CT molecular complexity index is 760. The van der Waals surface area contributed by atoms with Gasteiger partial charge < -0.3 is 19.9 Å². The molecule has 1 unspecified atom stereocenters. The van der Waals surface area contributed by atoms with Gasteiger partial charge >= 0.3 is 11.9 Å². The molecule has 1 aliphatic heterocycles. The van der Waals surface area contributed by atoms with Gasteiger partial charge in [-0.1, -0.05) is 11.8 Å². The first-order chi connectivity index (χ1) is 12.8. The fraction of sp³-hybridized carbons (Fsp3) is 0.353. The average Bonchev–Trinajstić information content (AvgIpc) is 2.92. The largest absolute Gasteiger partial charge is 0.482 e. The number of carboxylic acids is 1. The first-order valence-corrected chi connectivity index (χ1v) is 8.94. The zero-order valence-electron chi connectivity index (χ0n) is 14.7. The Morgan fingerprint density at radius 1 is 1.33 bits per heavy atom. The molecule has 0 spiro atoms. The van der Waals surface area contributed by atoms with Crippen molar-refractivity contribution in [2.45, 2.75) is 31.6 Å². The molecule has 0 aromatic heterocycles. The van der Waals surface area contributed by atoms with Crippen LogP contribution in [0.2, 0.25) is 0 Å². The number of aliphatic carboxylic acids is 1. The molecule has 2 rings (SSSR count).